The van der Waals surface area contributed by atoms with Crippen molar-refractivity contribution in [2.45, 2.75) is 0 Å². The molecule has 0 spiro atoms. The van der Waals surface area contributed by atoms with Crippen LogP contribution in [-0.2, 0) is 0 Å². The van der Waals surface area contributed by atoms with Crippen LogP contribution in [0.3, 0.4) is 0 Å². The van der Waals surface area contributed by atoms with E-state index in [9.17, 15) is 0 Å². The van der Waals surface area contributed by atoms with Gasteiger partial charge in [-0.15, -0.1) is 11.3 Å². The average Bonchev–Trinajstić information content (AvgIpc) is 3.85. The van der Waals surface area contributed by atoms with Gasteiger partial charge in [-0.05, 0) is 63.7 Å². The molecule has 0 N–H and O–H groups in total. The summed E-state index contributed by atoms with van der Waals surface area (Å²) in [6.45, 7) is 0. The number of nitrogens with zero attached hydrogens (tertiary/aromatic N) is 3. The van der Waals surface area contributed by atoms with Crippen molar-refractivity contribution < 1.29 is 4.42 Å². The van der Waals surface area contributed by atoms with Crippen molar-refractivity contribution in [3.8, 4) is 67.5 Å². The van der Waals surface area contributed by atoms with Gasteiger partial charge in [0.15, 0.2) is 17.5 Å². The van der Waals surface area contributed by atoms with Gasteiger partial charge >= 0.3 is 0 Å². The van der Waals surface area contributed by atoms with Crippen LogP contribution in [0.25, 0.3) is 110 Å². The first-order valence-electron chi connectivity index (χ1n) is 18.7. The van der Waals surface area contributed by atoms with Gasteiger partial charge in [0.05, 0.1) is 0 Å². The molecule has 0 aliphatic carbocycles. The Morgan fingerprint density at radius 1 is 0.339 bits per heavy atom. The Hall–Kier alpha value is -7.21. The minimum atomic E-state index is 0.598. The number of fused-ring (bicyclic) bond motifs is 6. The van der Waals surface area contributed by atoms with Crippen molar-refractivity contribution in [3.63, 3.8) is 0 Å². The molecule has 0 saturated heterocycles. The van der Waals surface area contributed by atoms with E-state index < -0.39 is 0 Å². The predicted molar refractivity (Wildman–Crippen MR) is 233 cm³/mol. The number of benzene rings is 8. The van der Waals surface area contributed by atoms with Crippen molar-refractivity contribution in [3.05, 3.63) is 188 Å². The van der Waals surface area contributed by atoms with E-state index >= 15 is 0 Å². The highest BCUT2D eigenvalue weighted by Crippen LogP contribution is 2.42. The Labute approximate surface area is 327 Å². The van der Waals surface area contributed by atoms with Gasteiger partial charge in [-0.1, -0.05) is 158 Å². The highest BCUT2D eigenvalue weighted by molar-refractivity contribution is 7.26. The summed E-state index contributed by atoms with van der Waals surface area (Å²) in [6.07, 6.45) is 0. The predicted octanol–water partition coefficient (Wildman–Crippen LogP) is 14.1. The molecular formula is C51H31N3OS. The molecule has 0 amide bonds. The van der Waals surface area contributed by atoms with Gasteiger partial charge in [0.2, 0.25) is 0 Å². The van der Waals surface area contributed by atoms with Gasteiger partial charge < -0.3 is 4.42 Å². The number of rotatable bonds is 6. The fourth-order valence-corrected chi connectivity index (χ4v) is 9.02. The zero-order valence-corrected chi connectivity index (χ0v) is 30.9. The first kappa shape index (κ1) is 32.2. The van der Waals surface area contributed by atoms with Crippen LogP contribution in [0.4, 0.5) is 0 Å². The molecule has 262 valence electrons. The lowest BCUT2D eigenvalue weighted by molar-refractivity contribution is 0.669. The summed E-state index contributed by atoms with van der Waals surface area (Å²) in [4.78, 5) is 15.3. The number of thiophene rings is 1. The van der Waals surface area contributed by atoms with Gasteiger partial charge in [-0.3, -0.25) is 0 Å². The Kier molecular flexibility index (Phi) is 7.64. The Balaban J connectivity index is 1.02. The van der Waals surface area contributed by atoms with Crippen molar-refractivity contribution in [1.82, 2.24) is 15.0 Å². The molecule has 0 fully saturated rings. The summed E-state index contributed by atoms with van der Waals surface area (Å²) in [5.41, 5.74) is 11.5. The van der Waals surface area contributed by atoms with Gasteiger partial charge in [0.1, 0.15) is 11.2 Å². The van der Waals surface area contributed by atoms with Crippen LogP contribution >= 0.6 is 11.3 Å². The van der Waals surface area contributed by atoms with E-state index in [4.69, 9.17) is 19.4 Å². The maximum atomic E-state index is 6.40. The molecule has 0 aliphatic heterocycles. The third-order valence-electron chi connectivity index (χ3n) is 10.6. The van der Waals surface area contributed by atoms with Gasteiger partial charge in [-0.2, -0.15) is 0 Å². The van der Waals surface area contributed by atoms with Gasteiger partial charge in [0.25, 0.3) is 0 Å². The molecule has 0 radical (unpaired) electrons. The second-order valence-corrected chi connectivity index (χ2v) is 15.0. The van der Waals surface area contributed by atoms with Crippen LogP contribution in [0.5, 0.6) is 0 Å². The quantitative estimate of drug-likeness (QED) is 0.171. The molecule has 56 heavy (non-hydrogen) atoms. The molecule has 4 nitrogen and oxygen atoms in total. The lowest BCUT2D eigenvalue weighted by atomic mass is 9.99. The Morgan fingerprint density at radius 2 is 0.875 bits per heavy atom. The zero-order chi connectivity index (χ0) is 37.0. The molecule has 0 atom stereocenters. The maximum absolute atomic E-state index is 6.40. The Morgan fingerprint density at radius 3 is 1.57 bits per heavy atom. The highest BCUT2D eigenvalue weighted by atomic mass is 32.1. The second kappa shape index (κ2) is 13.3. The standard InChI is InChI=1S/C51H31N3OS/c1-4-12-32(13-5-1)37-26-28-44-43(31-37)47-41(20-11-21-45(47)55-44)51-53-49(35-16-8-3-9-17-35)52-50(54-51)36-24-22-34(23-25-36)39-18-10-19-40-42-30-38(33-14-6-2-7-15-33)27-29-46(42)56-48(39)40/h1-31H. The smallest absolute Gasteiger partial charge is 0.164 e. The van der Waals surface area contributed by atoms with Crippen LogP contribution < -0.4 is 0 Å². The first-order valence-corrected chi connectivity index (χ1v) is 19.5. The van der Waals surface area contributed by atoms with Crippen LogP contribution in [-0.4, -0.2) is 15.0 Å². The van der Waals surface area contributed by atoms with Crippen molar-refractivity contribution >= 4 is 53.4 Å². The van der Waals surface area contributed by atoms with E-state index in [0.29, 0.717) is 17.5 Å². The molecule has 11 aromatic rings. The van der Waals surface area contributed by atoms with E-state index in [2.05, 4.69) is 140 Å². The minimum absolute atomic E-state index is 0.598. The number of furan rings is 1. The van der Waals surface area contributed by atoms with E-state index in [1.807, 2.05) is 59.9 Å². The molecule has 0 unspecified atom stereocenters. The fourth-order valence-electron chi connectivity index (χ4n) is 7.80. The number of hydrogen-bond acceptors (Lipinski definition) is 5. The molecule has 3 heterocycles. The largest absolute Gasteiger partial charge is 0.456 e. The summed E-state index contributed by atoms with van der Waals surface area (Å²) in [5, 5.41) is 4.57. The number of aromatic nitrogens is 3. The molecule has 0 bridgehead atoms. The van der Waals surface area contributed by atoms with E-state index in [0.717, 1.165) is 55.3 Å². The lowest BCUT2D eigenvalue weighted by Crippen LogP contribution is -2.00. The van der Waals surface area contributed by atoms with Gasteiger partial charge in [0, 0.05) is 47.6 Å². The van der Waals surface area contributed by atoms with Crippen molar-refractivity contribution in [2.75, 3.05) is 0 Å². The van der Waals surface area contributed by atoms with E-state index in [1.165, 1.54) is 36.9 Å². The van der Waals surface area contributed by atoms with Crippen LogP contribution in [0.15, 0.2) is 192 Å². The fraction of sp³-hybridized carbons (Fsp3) is 0. The van der Waals surface area contributed by atoms with Crippen LogP contribution in [0, 0.1) is 0 Å². The average molecular weight is 734 g/mol. The van der Waals surface area contributed by atoms with Gasteiger partial charge in [-0.25, -0.2) is 15.0 Å². The van der Waals surface area contributed by atoms with Crippen molar-refractivity contribution in [1.29, 1.82) is 0 Å². The van der Waals surface area contributed by atoms with Crippen LogP contribution in [0.1, 0.15) is 0 Å². The monoisotopic (exact) mass is 733 g/mol. The van der Waals surface area contributed by atoms with Crippen LogP contribution in [0.2, 0.25) is 0 Å². The van der Waals surface area contributed by atoms with Crippen molar-refractivity contribution in [2.24, 2.45) is 0 Å². The summed E-state index contributed by atoms with van der Waals surface area (Å²) < 4.78 is 8.96. The molecule has 0 aliphatic rings. The lowest BCUT2D eigenvalue weighted by Gasteiger charge is -2.10. The second-order valence-electron chi connectivity index (χ2n) is 14.0. The molecule has 8 aromatic carbocycles. The topological polar surface area (TPSA) is 51.8 Å². The molecule has 11 rings (SSSR count). The minimum Gasteiger partial charge on any atom is -0.456 e. The first-order chi connectivity index (χ1) is 27.7. The molecular weight excluding hydrogens is 703 g/mol. The summed E-state index contributed by atoms with van der Waals surface area (Å²) in [5.74, 6) is 1.83. The molecule has 0 saturated carbocycles. The van der Waals surface area contributed by atoms with E-state index in [-0.39, 0.29) is 0 Å². The Bertz CT molecular complexity index is 3230. The SMILES string of the molecule is c1ccc(-c2ccc3sc4c(-c5ccc(-c6nc(-c7ccccc7)nc(-c7cccc8oc9ccc(-c%10ccccc%10)cc9c78)n6)cc5)cccc4c3c2)cc1. The summed E-state index contributed by atoms with van der Waals surface area (Å²) in [7, 11) is 0. The molecule has 3 aromatic heterocycles. The normalized spacial score (nSPS) is 11.6. The third-order valence-corrected chi connectivity index (χ3v) is 11.8. The summed E-state index contributed by atoms with van der Waals surface area (Å²) >= 11 is 1.85. The highest BCUT2D eigenvalue weighted by Gasteiger charge is 2.19. The molecule has 5 heteroatoms. The zero-order valence-electron chi connectivity index (χ0n) is 30.1. The summed E-state index contributed by atoms with van der Waals surface area (Å²) in [6, 6.07) is 65.7. The maximum Gasteiger partial charge on any atom is 0.164 e. The third kappa shape index (κ3) is 5.56. The number of hydrogen-bond donors (Lipinski definition) is 0. The van der Waals surface area contributed by atoms with E-state index in [1.54, 1.807) is 0 Å².